The van der Waals surface area contributed by atoms with Gasteiger partial charge in [-0.05, 0) is 36.6 Å². The van der Waals surface area contributed by atoms with Crippen molar-refractivity contribution in [1.82, 2.24) is 14.9 Å². The molecule has 186 valence electrons. The second-order valence-electron chi connectivity index (χ2n) is 9.64. The fraction of sp³-hybridized carbons (Fsp3) is 0.458. The predicted octanol–water partition coefficient (Wildman–Crippen LogP) is 2.30. The molecular weight excluding hydrogens is 486 g/mol. The van der Waals surface area contributed by atoms with Crippen molar-refractivity contribution in [2.24, 2.45) is 10.6 Å². The molecule has 2 aliphatic rings. The summed E-state index contributed by atoms with van der Waals surface area (Å²) in [6.07, 6.45) is 4.11. The number of primary sulfonamides is 1. The maximum atomic E-state index is 11.7. The second-order valence-corrected chi connectivity index (χ2v) is 12.4. The molecule has 1 atom stereocenters. The number of sulfonamides is 1. The normalized spacial score (nSPS) is 20.8. The van der Waals surface area contributed by atoms with Crippen molar-refractivity contribution in [3.63, 3.8) is 0 Å². The van der Waals surface area contributed by atoms with Gasteiger partial charge in [0.2, 0.25) is 10.0 Å². The molecule has 2 saturated heterocycles. The lowest BCUT2D eigenvalue weighted by atomic mass is 9.86. The van der Waals surface area contributed by atoms with E-state index in [1.165, 1.54) is 24.0 Å². The number of benzene rings is 1. The standard InChI is InChI=1S/C24H29N5O4S2/c1-33-21(30)11-19-10-20-22(26-16-27-23(20)34-19)29-9-7-24(15-29)6-8-28(14-24)12-17-2-4-18(5-3-17)13-35(25,31)32/h2-5,10,16H,6-9,11-15H2,1H3,(H2,25,31,32). The highest BCUT2D eigenvalue weighted by molar-refractivity contribution is 7.88. The van der Waals surface area contributed by atoms with Crippen LogP contribution in [0.3, 0.4) is 0 Å². The Bertz CT molecular complexity index is 1340. The lowest BCUT2D eigenvalue weighted by Crippen LogP contribution is -2.31. The first-order valence-corrected chi connectivity index (χ1v) is 14.1. The summed E-state index contributed by atoms with van der Waals surface area (Å²) in [5, 5.41) is 6.15. The van der Waals surface area contributed by atoms with Crippen LogP contribution in [0, 0.1) is 5.41 Å². The first-order valence-electron chi connectivity index (χ1n) is 11.6. The van der Waals surface area contributed by atoms with Crippen LogP contribution in [0.25, 0.3) is 10.2 Å². The predicted molar refractivity (Wildman–Crippen MR) is 136 cm³/mol. The van der Waals surface area contributed by atoms with Crippen molar-refractivity contribution in [2.75, 3.05) is 38.2 Å². The summed E-state index contributed by atoms with van der Waals surface area (Å²) in [5.41, 5.74) is 2.11. The van der Waals surface area contributed by atoms with Gasteiger partial charge < -0.3 is 9.64 Å². The number of ether oxygens (including phenoxy) is 1. The number of hydrogen-bond donors (Lipinski definition) is 1. The van der Waals surface area contributed by atoms with Gasteiger partial charge >= 0.3 is 5.97 Å². The lowest BCUT2D eigenvalue weighted by Gasteiger charge is -2.25. The van der Waals surface area contributed by atoms with Crippen molar-refractivity contribution in [2.45, 2.75) is 31.6 Å². The van der Waals surface area contributed by atoms with Gasteiger partial charge in [-0.2, -0.15) is 0 Å². The zero-order valence-corrected chi connectivity index (χ0v) is 21.3. The largest absolute Gasteiger partial charge is 0.469 e. The van der Waals surface area contributed by atoms with Crippen LogP contribution in [0.2, 0.25) is 0 Å². The average Bonchev–Trinajstić information content (AvgIpc) is 3.52. The third kappa shape index (κ3) is 5.48. The van der Waals surface area contributed by atoms with Gasteiger partial charge in [0, 0.05) is 36.5 Å². The first-order chi connectivity index (χ1) is 16.7. The highest BCUT2D eigenvalue weighted by Crippen LogP contribution is 2.43. The maximum Gasteiger partial charge on any atom is 0.310 e. The van der Waals surface area contributed by atoms with Crippen LogP contribution in [0.4, 0.5) is 5.82 Å². The molecule has 35 heavy (non-hydrogen) atoms. The van der Waals surface area contributed by atoms with Crippen LogP contribution < -0.4 is 10.0 Å². The molecule has 9 nitrogen and oxygen atoms in total. The number of methoxy groups -OCH3 is 1. The number of rotatable bonds is 7. The van der Waals surface area contributed by atoms with E-state index in [-0.39, 0.29) is 23.6 Å². The van der Waals surface area contributed by atoms with Crippen molar-refractivity contribution in [1.29, 1.82) is 0 Å². The number of carbonyl (C=O) groups excluding carboxylic acids is 1. The monoisotopic (exact) mass is 515 g/mol. The van der Waals surface area contributed by atoms with Crippen LogP contribution in [0.15, 0.2) is 36.7 Å². The summed E-state index contributed by atoms with van der Waals surface area (Å²) in [7, 11) is -2.12. The Morgan fingerprint density at radius 2 is 1.89 bits per heavy atom. The van der Waals surface area contributed by atoms with Gasteiger partial charge in [-0.25, -0.2) is 23.5 Å². The van der Waals surface area contributed by atoms with E-state index >= 15 is 0 Å². The third-order valence-electron chi connectivity index (χ3n) is 6.96. The fourth-order valence-electron chi connectivity index (χ4n) is 5.29. The van der Waals surface area contributed by atoms with Crippen LogP contribution in [0.5, 0.6) is 0 Å². The summed E-state index contributed by atoms with van der Waals surface area (Å²) < 4.78 is 27.4. The van der Waals surface area contributed by atoms with E-state index in [1.807, 2.05) is 30.3 Å². The van der Waals surface area contributed by atoms with E-state index in [2.05, 4.69) is 19.8 Å². The molecule has 2 aromatic heterocycles. The van der Waals surface area contributed by atoms with E-state index in [0.29, 0.717) is 5.56 Å². The van der Waals surface area contributed by atoms with Gasteiger partial charge in [0.15, 0.2) is 0 Å². The Morgan fingerprint density at radius 3 is 2.63 bits per heavy atom. The highest BCUT2D eigenvalue weighted by atomic mass is 32.2. The molecule has 1 unspecified atom stereocenters. The first kappa shape index (κ1) is 24.1. The molecule has 1 spiro atoms. The Kier molecular flexibility index (Phi) is 6.51. The molecule has 1 aromatic carbocycles. The fourth-order valence-corrected chi connectivity index (χ4v) is 6.92. The minimum atomic E-state index is -3.52. The Morgan fingerprint density at radius 1 is 1.14 bits per heavy atom. The van der Waals surface area contributed by atoms with Gasteiger partial charge in [-0.1, -0.05) is 24.3 Å². The quantitative estimate of drug-likeness (QED) is 0.476. The van der Waals surface area contributed by atoms with Crippen LogP contribution >= 0.6 is 11.3 Å². The Hall–Kier alpha value is -2.60. The van der Waals surface area contributed by atoms with Crippen LogP contribution in [-0.2, 0) is 38.3 Å². The number of likely N-dealkylation sites (tertiary alicyclic amines) is 1. The van der Waals surface area contributed by atoms with E-state index in [1.54, 1.807) is 6.33 Å². The molecular formula is C24H29N5O4S2. The zero-order chi connectivity index (χ0) is 24.6. The summed E-state index contributed by atoms with van der Waals surface area (Å²) in [5.74, 6) is 0.556. The molecule has 2 N–H and O–H groups in total. The van der Waals surface area contributed by atoms with Crippen molar-refractivity contribution >= 4 is 43.4 Å². The molecule has 2 aliphatic heterocycles. The number of carbonyl (C=O) groups is 1. The number of nitrogens with two attached hydrogens (primary N) is 1. The lowest BCUT2D eigenvalue weighted by molar-refractivity contribution is -0.139. The van der Waals surface area contributed by atoms with E-state index in [4.69, 9.17) is 9.88 Å². The molecule has 0 saturated carbocycles. The molecule has 4 heterocycles. The zero-order valence-electron chi connectivity index (χ0n) is 19.6. The average molecular weight is 516 g/mol. The van der Waals surface area contributed by atoms with Crippen molar-refractivity contribution in [3.05, 3.63) is 52.7 Å². The van der Waals surface area contributed by atoms with Crippen molar-refractivity contribution < 1.29 is 17.9 Å². The Balaban J connectivity index is 1.24. The second kappa shape index (κ2) is 9.45. The van der Waals surface area contributed by atoms with Crippen LogP contribution in [-0.4, -0.2) is 62.5 Å². The highest BCUT2D eigenvalue weighted by Gasteiger charge is 2.44. The summed E-state index contributed by atoms with van der Waals surface area (Å²) in [4.78, 5) is 27.4. The molecule has 5 rings (SSSR count). The van der Waals surface area contributed by atoms with Crippen LogP contribution in [0.1, 0.15) is 28.8 Å². The van der Waals surface area contributed by atoms with E-state index < -0.39 is 10.0 Å². The minimum absolute atomic E-state index is 0.138. The van der Waals surface area contributed by atoms with E-state index in [9.17, 15) is 13.2 Å². The molecule has 3 aromatic rings. The molecule has 0 aliphatic carbocycles. The topological polar surface area (TPSA) is 119 Å². The number of esters is 1. The maximum absolute atomic E-state index is 11.7. The third-order valence-corrected chi connectivity index (χ3v) is 8.74. The smallest absolute Gasteiger partial charge is 0.310 e. The van der Waals surface area contributed by atoms with Gasteiger partial charge in [0.1, 0.15) is 17.0 Å². The number of hydrogen-bond acceptors (Lipinski definition) is 9. The molecule has 2 fully saturated rings. The van der Waals surface area contributed by atoms with E-state index in [0.717, 1.165) is 66.5 Å². The summed E-state index contributed by atoms with van der Waals surface area (Å²) in [6, 6.07) is 9.70. The molecule has 0 bridgehead atoms. The molecule has 0 amide bonds. The van der Waals surface area contributed by atoms with Gasteiger partial charge in [0.25, 0.3) is 0 Å². The number of thiophene rings is 1. The number of nitrogens with zero attached hydrogens (tertiary/aromatic N) is 4. The minimum Gasteiger partial charge on any atom is -0.469 e. The Labute approximate surface area is 209 Å². The molecule has 0 radical (unpaired) electrons. The number of fused-ring (bicyclic) bond motifs is 1. The van der Waals surface area contributed by atoms with Gasteiger partial charge in [-0.3, -0.25) is 9.69 Å². The summed E-state index contributed by atoms with van der Waals surface area (Å²) >= 11 is 1.52. The number of anilines is 1. The summed E-state index contributed by atoms with van der Waals surface area (Å²) in [6.45, 7) is 4.80. The van der Waals surface area contributed by atoms with Crippen molar-refractivity contribution in [3.8, 4) is 0 Å². The molecule has 11 heteroatoms. The number of aromatic nitrogens is 2. The SMILES string of the molecule is COC(=O)Cc1cc2c(N3CCC4(CCN(Cc5ccc(CS(N)(=O)=O)cc5)C4)C3)ncnc2s1. The van der Waals surface area contributed by atoms with Gasteiger partial charge in [-0.15, -0.1) is 11.3 Å². The van der Waals surface area contributed by atoms with Gasteiger partial charge in [0.05, 0.1) is 24.7 Å².